The summed E-state index contributed by atoms with van der Waals surface area (Å²) in [7, 11) is 0. The van der Waals surface area contributed by atoms with Crippen LogP contribution in [0, 0.1) is 5.82 Å². The van der Waals surface area contributed by atoms with Crippen molar-refractivity contribution in [3.8, 4) is 0 Å². The largest absolute Gasteiger partial charge is 0.310 e. The summed E-state index contributed by atoms with van der Waals surface area (Å²) in [5.41, 5.74) is 0.646. The van der Waals surface area contributed by atoms with Crippen LogP contribution in [0.3, 0.4) is 0 Å². The molecule has 0 spiro atoms. The fraction of sp³-hybridized carbons (Fsp3) is 0.250. The summed E-state index contributed by atoms with van der Waals surface area (Å²) in [5, 5.41) is 4.46. The third kappa shape index (κ3) is 4.62. The molecule has 0 saturated carbocycles. The van der Waals surface area contributed by atoms with Crippen molar-refractivity contribution in [3.63, 3.8) is 0 Å². The van der Waals surface area contributed by atoms with Gasteiger partial charge in [0.25, 0.3) is 0 Å². The van der Waals surface area contributed by atoms with Gasteiger partial charge in [0.15, 0.2) is 0 Å². The Hall–Kier alpha value is -0.740. The molecule has 0 atom stereocenters. The predicted molar refractivity (Wildman–Crippen MR) is 89.0 cm³/mol. The molecule has 0 saturated heterocycles. The molecular weight excluding hydrogens is 328 g/mol. The first-order chi connectivity index (χ1) is 9.97. The summed E-state index contributed by atoms with van der Waals surface area (Å²) in [6.45, 7) is 4.54. The van der Waals surface area contributed by atoms with Crippen molar-refractivity contribution in [2.45, 2.75) is 36.2 Å². The van der Waals surface area contributed by atoms with Gasteiger partial charge in [-0.25, -0.2) is 4.39 Å². The Balaban J connectivity index is 2.31. The van der Waals surface area contributed by atoms with Crippen molar-refractivity contribution in [1.82, 2.24) is 5.32 Å². The topological polar surface area (TPSA) is 12.0 Å². The summed E-state index contributed by atoms with van der Waals surface area (Å²) in [6, 6.07) is 10.6. The minimum atomic E-state index is -0.216. The van der Waals surface area contributed by atoms with Gasteiger partial charge in [0.05, 0.1) is 5.02 Å². The van der Waals surface area contributed by atoms with Crippen LogP contribution in [0.15, 0.2) is 46.2 Å². The Morgan fingerprint density at radius 1 is 1.14 bits per heavy atom. The molecule has 0 fully saturated rings. The number of nitrogens with one attached hydrogen (secondary N) is 1. The Bertz CT molecular complexity index is 632. The maximum absolute atomic E-state index is 14.1. The molecule has 2 aromatic rings. The molecule has 0 aliphatic heterocycles. The molecule has 0 aromatic heterocycles. The van der Waals surface area contributed by atoms with Crippen LogP contribution >= 0.6 is 35.0 Å². The van der Waals surface area contributed by atoms with E-state index in [1.54, 1.807) is 24.3 Å². The highest BCUT2D eigenvalue weighted by atomic mass is 35.5. The Kier molecular flexibility index (Phi) is 5.94. The van der Waals surface area contributed by atoms with Crippen LogP contribution in [0.4, 0.5) is 4.39 Å². The maximum atomic E-state index is 14.1. The Morgan fingerprint density at radius 2 is 1.90 bits per heavy atom. The van der Waals surface area contributed by atoms with Gasteiger partial charge in [-0.15, -0.1) is 0 Å². The molecule has 0 bridgehead atoms. The summed E-state index contributed by atoms with van der Waals surface area (Å²) >= 11 is 13.6. The van der Waals surface area contributed by atoms with Crippen LogP contribution in [0.1, 0.15) is 19.4 Å². The van der Waals surface area contributed by atoms with Crippen LogP contribution in [0.25, 0.3) is 0 Å². The van der Waals surface area contributed by atoms with E-state index in [4.69, 9.17) is 23.2 Å². The zero-order valence-corrected chi connectivity index (χ0v) is 14.1. The van der Waals surface area contributed by atoms with Gasteiger partial charge in [0, 0.05) is 33.0 Å². The van der Waals surface area contributed by atoms with E-state index < -0.39 is 0 Å². The van der Waals surface area contributed by atoms with E-state index >= 15 is 0 Å². The van der Waals surface area contributed by atoms with Crippen molar-refractivity contribution in [2.75, 3.05) is 0 Å². The average molecular weight is 344 g/mol. The zero-order chi connectivity index (χ0) is 15.4. The lowest BCUT2D eigenvalue weighted by atomic mass is 10.2. The quantitative estimate of drug-likeness (QED) is 0.738. The third-order valence-electron chi connectivity index (χ3n) is 2.88. The summed E-state index contributed by atoms with van der Waals surface area (Å²) in [6.07, 6.45) is 0. The smallest absolute Gasteiger partial charge is 0.128 e. The van der Waals surface area contributed by atoms with Crippen molar-refractivity contribution < 1.29 is 4.39 Å². The standard InChI is InChI=1S/C16H16Cl2FNS/c1-10(2)20-9-12-14(19)4-3-5-15(12)21-16-8-11(17)6-7-13(16)18/h3-8,10,20H,9H2,1-2H3. The van der Waals surface area contributed by atoms with Crippen molar-refractivity contribution >= 4 is 35.0 Å². The van der Waals surface area contributed by atoms with E-state index in [-0.39, 0.29) is 11.9 Å². The van der Waals surface area contributed by atoms with Gasteiger partial charge in [-0.1, -0.05) is 54.9 Å². The number of hydrogen-bond acceptors (Lipinski definition) is 2. The third-order valence-corrected chi connectivity index (χ3v) is 4.71. The van der Waals surface area contributed by atoms with Gasteiger partial charge in [0.2, 0.25) is 0 Å². The van der Waals surface area contributed by atoms with E-state index in [0.29, 0.717) is 22.2 Å². The average Bonchev–Trinajstić information content (AvgIpc) is 2.42. The summed E-state index contributed by atoms with van der Waals surface area (Å²) in [4.78, 5) is 1.66. The molecule has 2 rings (SSSR count). The van der Waals surface area contributed by atoms with E-state index in [9.17, 15) is 4.39 Å². The van der Waals surface area contributed by atoms with Gasteiger partial charge in [-0.3, -0.25) is 0 Å². The number of halogens is 3. The molecule has 1 nitrogen and oxygen atoms in total. The van der Waals surface area contributed by atoms with Gasteiger partial charge in [-0.05, 0) is 30.3 Å². The molecular formula is C16H16Cl2FNS. The number of benzene rings is 2. The van der Waals surface area contributed by atoms with Crippen LogP contribution in [-0.2, 0) is 6.54 Å². The first kappa shape index (κ1) is 16.6. The highest BCUT2D eigenvalue weighted by Gasteiger charge is 2.12. The van der Waals surface area contributed by atoms with Crippen LogP contribution in [0.5, 0.6) is 0 Å². The molecule has 0 unspecified atom stereocenters. The Morgan fingerprint density at radius 3 is 2.62 bits per heavy atom. The maximum Gasteiger partial charge on any atom is 0.128 e. The molecule has 0 amide bonds. The van der Waals surface area contributed by atoms with E-state index in [1.165, 1.54) is 17.8 Å². The first-order valence-electron chi connectivity index (χ1n) is 6.61. The normalized spacial score (nSPS) is 11.1. The number of hydrogen-bond donors (Lipinski definition) is 1. The molecule has 0 aliphatic carbocycles. The molecule has 112 valence electrons. The SMILES string of the molecule is CC(C)NCc1c(F)cccc1Sc1cc(Cl)ccc1Cl. The fourth-order valence-electron chi connectivity index (χ4n) is 1.79. The molecule has 21 heavy (non-hydrogen) atoms. The first-order valence-corrected chi connectivity index (χ1v) is 8.18. The molecule has 5 heteroatoms. The second-order valence-corrected chi connectivity index (χ2v) is 6.86. The molecule has 0 radical (unpaired) electrons. The van der Waals surface area contributed by atoms with Gasteiger partial charge in [0.1, 0.15) is 5.82 Å². The highest BCUT2D eigenvalue weighted by Crippen LogP contribution is 2.37. The lowest BCUT2D eigenvalue weighted by Gasteiger charge is -2.14. The highest BCUT2D eigenvalue weighted by molar-refractivity contribution is 7.99. The molecule has 1 N–H and O–H groups in total. The Labute approximate surface area is 138 Å². The second-order valence-electron chi connectivity index (χ2n) is 4.93. The van der Waals surface area contributed by atoms with E-state index in [0.717, 1.165) is 9.79 Å². The molecule has 2 aromatic carbocycles. The summed E-state index contributed by atoms with van der Waals surface area (Å²) < 4.78 is 14.1. The van der Waals surface area contributed by atoms with Gasteiger partial charge < -0.3 is 5.32 Å². The lowest BCUT2D eigenvalue weighted by molar-refractivity contribution is 0.546. The lowest BCUT2D eigenvalue weighted by Crippen LogP contribution is -2.22. The predicted octanol–water partition coefficient (Wildman–Crippen LogP) is 5.78. The number of rotatable bonds is 5. The van der Waals surface area contributed by atoms with Gasteiger partial charge in [-0.2, -0.15) is 0 Å². The van der Waals surface area contributed by atoms with Crippen LogP contribution in [0.2, 0.25) is 10.0 Å². The van der Waals surface area contributed by atoms with Crippen molar-refractivity contribution in [1.29, 1.82) is 0 Å². The molecule has 0 aliphatic rings. The van der Waals surface area contributed by atoms with Crippen LogP contribution < -0.4 is 5.32 Å². The van der Waals surface area contributed by atoms with Crippen LogP contribution in [-0.4, -0.2) is 6.04 Å². The monoisotopic (exact) mass is 343 g/mol. The van der Waals surface area contributed by atoms with Gasteiger partial charge >= 0.3 is 0 Å². The van der Waals surface area contributed by atoms with Crippen molar-refractivity contribution in [2.24, 2.45) is 0 Å². The van der Waals surface area contributed by atoms with E-state index in [2.05, 4.69) is 5.32 Å². The summed E-state index contributed by atoms with van der Waals surface area (Å²) in [5.74, 6) is -0.216. The minimum absolute atomic E-state index is 0.216. The minimum Gasteiger partial charge on any atom is -0.310 e. The van der Waals surface area contributed by atoms with Crippen molar-refractivity contribution in [3.05, 3.63) is 57.8 Å². The fourth-order valence-corrected chi connectivity index (χ4v) is 3.28. The molecule has 0 heterocycles. The van der Waals surface area contributed by atoms with E-state index in [1.807, 2.05) is 19.9 Å². The zero-order valence-electron chi connectivity index (χ0n) is 11.8. The second kappa shape index (κ2) is 7.50.